The summed E-state index contributed by atoms with van der Waals surface area (Å²) in [5, 5.41) is 19.4. The Bertz CT molecular complexity index is 417. The Balaban J connectivity index is 3.22. The number of aryl methyl sites for hydroxylation is 1. The van der Waals surface area contributed by atoms with Gasteiger partial charge in [0.05, 0.1) is 4.92 Å². The fourth-order valence-corrected chi connectivity index (χ4v) is 1.21. The van der Waals surface area contributed by atoms with E-state index in [1.807, 2.05) is 0 Å². The zero-order valence-corrected chi connectivity index (χ0v) is 8.15. The number of aliphatic hydroxyl groups is 1. The van der Waals surface area contributed by atoms with Gasteiger partial charge in [-0.1, -0.05) is 6.07 Å². The van der Waals surface area contributed by atoms with Crippen molar-refractivity contribution in [2.24, 2.45) is 0 Å². The Kier molecular flexibility index (Phi) is 3.18. The summed E-state index contributed by atoms with van der Waals surface area (Å²) in [7, 11) is 0. The second kappa shape index (κ2) is 4.09. The molecule has 0 aromatic heterocycles. The lowest BCUT2D eigenvalue weighted by molar-refractivity contribution is -0.385. The number of benzene rings is 1. The van der Waals surface area contributed by atoms with Gasteiger partial charge in [-0.2, -0.15) is 13.2 Å². The number of aliphatic hydroxyl groups excluding tert-OH is 1. The van der Waals surface area contributed by atoms with Crippen LogP contribution in [0, 0.1) is 17.0 Å². The summed E-state index contributed by atoms with van der Waals surface area (Å²) in [5.41, 5.74) is -0.832. The normalized spacial score (nSPS) is 13.6. The molecule has 0 aliphatic rings. The van der Waals surface area contributed by atoms with Gasteiger partial charge in [0.25, 0.3) is 5.69 Å². The summed E-state index contributed by atoms with van der Waals surface area (Å²) in [5.74, 6) is 0. The molecule has 4 nitrogen and oxygen atoms in total. The minimum Gasteiger partial charge on any atom is -0.379 e. The molecule has 88 valence electrons. The van der Waals surface area contributed by atoms with E-state index < -0.39 is 28.5 Å². The summed E-state index contributed by atoms with van der Waals surface area (Å²) in [6.07, 6.45) is -7.53. The third kappa shape index (κ3) is 2.48. The van der Waals surface area contributed by atoms with Gasteiger partial charge in [0, 0.05) is 12.1 Å². The fourth-order valence-electron chi connectivity index (χ4n) is 1.21. The van der Waals surface area contributed by atoms with Crippen LogP contribution in [-0.4, -0.2) is 16.2 Å². The van der Waals surface area contributed by atoms with Gasteiger partial charge in [0.15, 0.2) is 6.10 Å². The van der Waals surface area contributed by atoms with Crippen LogP contribution < -0.4 is 0 Å². The zero-order valence-electron chi connectivity index (χ0n) is 8.15. The summed E-state index contributed by atoms with van der Waals surface area (Å²) in [4.78, 5) is 9.57. The first kappa shape index (κ1) is 12.4. The van der Waals surface area contributed by atoms with E-state index >= 15 is 0 Å². The Morgan fingerprint density at radius 2 is 2.00 bits per heavy atom. The maximum Gasteiger partial charge on any atom is 0.418 e. The van der Waals surface area contributed by atoms with Gasteiger partial charge in [-0.15, -0.1) is 0 Å². The van der Waals surface area contributed by atoms with E-state index in [2.05, 4.69) is 0 Å². The summed E-state index contributed by atoms with van der Waals surface area (Å²) in [6.45, 7) is 1.34. The topological polar surface area (TPSA) is 63.4 Å². The van der Waals surface area contributed by atoms with Crippen LogP contribution in [0.2, 0.25) is 0 Å². The number of hydrogen-bond acceptors (Lipinski definition) is 3. The molecule has 0 bridgehead atoms. The molecular weight excluding hydrogens is 227 g/mol. The van der Waals surface area contributed by atoms with E-state index in [1.54, 1.807) is 0 Å². The molecule has 1 aromatic rings. The van der Waals surface area contributed by atoms with E-state index in [4.69, 9.17) is 5.11 Å². The third-order valence-corrected chi connectivity index (χ3v) is 2.08. The molecule has 1 N–H and O–H groups in total. The van der Waals surface area contributed by atoms with Crippen LogP contribution in [0.3, 0.4) is 0 Å². The van der Waals surface area contributed by atoms with Crippen molar-refractivity contribution in [1.29, 1.82) is 0 Å². The Labute approximate surface area is 88.5 Å². The third-order valence-electron chi connectivity index (χ3n) is 2.08. The van der Waals surface area contributed by atoms with Crippen molar-refractivity contribution in [1.82, 2.24) is 0 Å². The van der Waals surface area contributed by atoms with Crippen molar-refractivity contribution in [3.8, 4) is 0 Å². The monoisotopic (exact) mass is 235 g/mol. The first-order valence-corrected chi connectivity index (χ1v) is 4.23. The minimum atomic E-state index is -4.83. The number of rotatable bonds is 2. The molecule has 1 atom stereocenters. The zero-order chi connectivity index (χ0) is 12.5. The van der Waals surface area contributed by atoms with Crippen molar-refractivity contribution >= 4 is 5.69 Å². The maximum atomic E-state index is 12.2. The molecule has 16 heavy (non-hydrogen) atoms. The van der Waals surface area contributed by atoms with Gasteiger partial charge in [-0.05, 0) is 18.1 Å². The molecule has 0 fully saturated rings. The highest BCUT2D eigenvalue weighted by Gasteiger charge is 2.40. The predicted octanol–water partition coefficient (Wildman–Crippen LogP) is 2.50. The fraction of sp³-hybridized carbons (Fsp3) is 0.333. The van der Waals surface area contributed by atoms with Crippen LogP contribution in [0.1, 0.15) is 17.2 Å². The number of hydrogen-bond donors (Lipinski definition) is 1. The molecule has 1 unspecified atom stereocenters. The standard InChI is InChI=1S/C9H8F3NO3/c1-5-2-3-6(13(15)16)4-7(5)8(14)9(10,11)12/h2-4,8,14H,1H3. The average Bonchev–Trinajstić information content (AvgIpc) is 2.15. The highest BCUT2D eigenvalue weighted by atomic mass is 19.4. The molecule has 1 aromatic carbocycles. The smallest absolute Gasteiger partial charge is 0.379 e. The lowest BCUT2D eigenvalue weighted by Gasteiger charge is -2.16. The highest BCUT2D eigenvalue weighted by Crippen LogP contribution is 2.35. The molecule has 0 spiro atoms. The van der Waals surface area contributed by atoms with Crippen LogP contribution in [-0.2, 0) is 0 Å². The second-order valence-corrected chi connectivity index (χ2v) is 3.24. The van der Waals surface area contributed by atoms with Crippen molar-refractivity contribution in [2.75, 3.05) is 0 Å². The van der Waals surface area contributed by atoms with Gasteiger partial charge in [0.2, 0.25) is 0 Å². The number of nitro benzene ring substituents is 1. The quantitative estimate of drug-likeness (QED) is 0.632. The Morgan fingerprint density at radius 3 is 2.44 bits per heavy atom. The minimum absolute atomic E-state index is 0.149. The molecule has 1 rings (SSSR count). The lowest BCUT2D eigenvalue weighted by Crippen LogP contribution is -2.21. The molecule has 0 aliphatic heterocycles. The average molecular weight is 235 g/mol. The SMILES string of the molecule is Cc1ccc([N+](=O)[O-])cc1C(O)C(F)(F)F. The molecule has 0 heterocycles. The number of halogens is 3. The largest absolute Gasteiger partial charge is 0.418 e. The summed E-state index contributed by atoms with van der Waals surface area (Å²) in [6, 6.07) is 2.98. The van der Waals surface area contributed by atoms with Crippen molar-refractivity contribution in [3.05, 3.63) is 39.4 Å². The first-order valence-electron chi connectivity index (χ1n) is 4.23. The predicted molar refractivity (Wildman–Crippen MR) is 48.8 cm³/mol. The van der Waals surface area contributed by atoms with Gasteiger partial charge >= 0.3 is 6.18 Å². The lowest BCUT2D eigenvalue weighted by atomic mass is 10.0. The van der Waals surface area contributed by atoms with E-state index in [9.17, 15) is 23.3 Å². The van der Waals surface area contributed by atoms with Crippen LogP contribution in [0.15, 0.2) is 18.2 Å². The Hall–Kier alpha value is -1.63. The molecule has 0 amide bonds. The van der Waals surface area contributed by atoms with E-state index in [0.717, 1.165) is 12.1 Å². The van der Waals surface area contributed by atoms with Crippen molar-refractivity contribution in [2.45, 2.75) is 19.2 Å². The van der Waals surface area contributed by atoms with Crippen LogP contribution in [0.25, 0.3) is 0 Å². The van der Waals surface area contributed by atoms with Crippen LogP contribution in [0.5, 0.6) is 0 Å². The number of non-ortho nitro benzene ring substituents is 1. The highest BCUT2D eigenvalue weighted by molar-refractivity contribution is 5.40. The van der Waals surface area contributed by atoms with Gasteiger partial charge in [-0.25, -0.2) is 0 Å². The second-order valence-electron chi connectivity index (χ2n) is 3.24. The molecule has 7 heteroatoms. The van der Waals surface area contributed by atoms with Crippen LogP contribution >= 0.6 is 0 Å². The molecule has 0 saturated heterocycles. The number of nitro groups is 1. The van der Waals surface area contributed by atoms with E-state index in [-0.39, 0.29) is 5.56 Å². The van der Waals surface area contributed by atoms with Gasteiger partial charge < -0.3 is 5.11 Å². The maximum absolute atomic E-state index is 12.2. The van der Waals surface area contributed by atoms with Crippen LogP contribution in [0.4, 0.5) is 18.9 Å². The molecule has 0 saturated carbocycles. The van der Waals surface area contributed by atoms with E-state index in [1.165, 1.54) is 13.0 Å². The van der Waals surface area contributed by atoms with Gasteiger partial charge in [0.1, 0.15) is 0 Å². The number of alkyl halides is 3. The Morgan fingerprint density at radius 1 is 1.44 bits per heavy atom. The molecular formula is C9H8F3NO3. The first-order chi connectivity index (χ1) is 7.23. The number of nitrogens with zero attached hydrogens (tertiary/aromatic N) is 1. The van der Waals surface area contributed by atoms with Crippen molar-refractivity contribution in [3.63, 3.8) is 0 Å². The summed E-state index contributed by atoms with van der Waals surface area (Å²) < 4.78 is 36.7. The molecule has 0 aliphatic carbocycles. The van der Waals surface area contributed by atoms with Gasteiger partial charge in [-0.3, -0.25) is 10.1 Å². The van der Waals surface area contributed by atoms with E-state index in [0.29, 0.717) is 0 Å². The van der Waals surface area contributed by atoms with Crippen molar-refractivity contribution < 1.29 is 23.2 Å². The molecule has 0 radical (unpaired) electrons. The summed E-state index contributed by atoms with van der Waals surface area (Å²) >= 11 is 0.